The van der Waals surface area contributed by atoms with E-state index in [-0.39, 0.29) is 11.9 Å². The first-order chi connectivity index (χ1) is 10.0. The normalized spacial score (nSPS) is 12.8. The molecule has 0 radical (unpaired) electrons. The monoisotopic (exact) mass is 347 g/mol. The van der Waals surface area contributed by atoms with Gasteiger partial charge in [0.25, 0.3) is 0 Å². The van der Waals surface area contributed by atoms with Crippen LogP contribution in [0.4, 0.5) is 4.39 Å². The van der Waals surface area contributed by atoms with Crippen molar-refractivity contribution in [2.45, 2.75) is 19.4 Å². The zero-order valence-corrected chi connectivity index (χ0v) is 13.2. The molecule has 1 heterocycles. The third-order valence-electron chi connectivity index (χ3n) is 3.50. The maximum Gasteiger partial charge on any atom is 0.137 e. The molecule has 1 aromatic heterocycles. The second-order valence-electron chi connectivity index (χ2n) is 5.25. The van der Waals surface area contributed by atoms with Gasteiger partial charge in [0.1, 0.15) is 17.2 Å². The van der Waals surface area contributed by atoms with Gasteiger partial charge >= 0.3 is 0 Å². The van der Waals surface area contributed by atoms with Gasteiger partial charge in [-0.25, -0.2) is 4.39 Å². The van der Waals surface area contributed by atoms with Crippen molar-refractivity contribution in [1.82, 2.24) is 0 Å². The molecule has 3 rings (SSSR count). The molecule has 0 aliphatic heterocycles. The zero-order valence-electron chi connectivity index (χ0n) is 11.6. The fraction of sp³-hybridized carbons (Fsp3) is 0.176. The largest absolute Gasteiger partial charge is 0.459 e. The predicted octanol–water partition coefficient (Wildman–Crippen LogP) is 4.89. The summed E-state index contributed by atoms with van der Waals surface area (Å²) in [5.74, 6) is 0.475. The van der Waals surface area contributed by atoms with Crippen LogP contribution in [0.5, 0.6) is 0 Å². The number of rotatable bonds is 3. The minimum absolute atomic E-state index is 0.255. The molecule has 0 saturated heterocycles. The van der Waals surface area contributed by atoms with Crippen LogP contribution in [0.15, 0.2) is 51.4 Å². The predicted molar refractivity (Wildman–Crippen MR) is 85.7 cm³/mol. The molecule has 2 aromatic carbocycles. The third kappa shape index (κ3) is 3.01. The average Bonchev–Trinajstić information content (AvgIpc) is 2.86. The first-order valence-corrected chi connectivity index (χ1v) is 7.52. The maximum atomic E-state index is 13.2. The summed E-state index contributed by atoms with van der Waals surface area (Å²) < 4.78 is 19.5. The summed E-state index contributed by atoms with van der Waals surface area (Å²) in [6, 6.07) is 12.7. The summed E-state index contributed by atoms with van der Waals surface area (Å²) >= 11 is 3.19. The molecule has 1 unspecified atom stereocenters. The number of halogens is 2. The smallest absolute Gasteiger partial charge is 0.137 e. The van der Waals surface area contributed by atoms with Crippen molar-refractivity contribution >= 4 is 26.9 Å². The Kier molecular flexibility index (Phi) is 3.83. The first kappa shape index (κ1) is 14.3. The van der Waals surface area contributed by atoms with Crippen LogP contribution in [0.1, 0.15) is 22.9 Å². The van der Waals surface area contributed by atoms with E-state index in [0.717, 1.165) is 22.3 Å². The summed E-state index contributed by atoms with van der Waals surface area (Å²) in [6.07, 6.45) is 0.595. The third-order valence-corrected chi connectivity index (χ3v) is 4.10. The maximum absolute atomic E-state index is 13.2. The molecule has 0 saturated carbocycles. The molecule has 0 aliphatic rings. The Hall–Kier alpha value is -1.65. The Balaban J connectivity index is 1.85. The second kappa shape index (κ2) is 5.62. The quantitative estimate of drug-likeness (QED) is 0.732. The number of furan rings is 1. The summed E-state index contributed by atoms with van der Waals surface area (Å²) in [4.78, 5) is 0. The number of nitrogens with two attached hydrogens (primary N) is 1. The van der Waals surface area contributed by atoms with Crippen LogP contribution in [-0.4, -0.2) is 0 Å². The van der Waals surface area contributed by atoms with E-state index in [1.54, 1.807) is 12.1 Å². The molecule has 1 atom stereocenters. The lowest BCUT2D eigenvalue weighted by molar-refractivity contribution is 0.493. The van der Waals surface area contributed by atoms with E-state index < -0.39 is 0 Å². The Morgan fingerprint density at radius 3 is 2.76 bits per heavy atom. The Bertz CT molecular complexity index is 797. The summed E-state index contributed by atoms with van der Waals surface area (Å²) in [5.41, 5.74) is 9.20. The fourth-order valence-corrected chi connectivity index (χ4v) is 2.81. The standard InChI is InChI=1S/C17H15BrFNO/c1-10-2-5-16-12(6-10)9-17(21-16)15(20)8-11-3-4-14(19)13(18)7-11/h2-7,9,15H,8,20H2,1H3. The van der Waals surface area contributed by atoms with Gasteiger partial charge in [0.15, 0.2) is 0 Å². The van der Waals surface area contributed by atoms with Gasteiger partial charge in [0.2, 0.25) is 0 Å². The summed E-state index contributed by atoms with van der Waals surface area (Å²) in [5, 5.41) is 1.06. The van der Waals surface area contributed by atoms with Crippen LogP contribution in [0.25, 0.3) is 11.0 Å². The minimum Gasteiger partial charge on any atom is -0.459 e. The molecular formula is C17H15BrFNO. The lowest BCUT2D eigenvalue weighted by atomic mass is 10.0. The highest BCUT2D eigenvalue weighted by Gasteiger charge is 2.13. The second-order valence-corrected chi connectivity index (χ2v) is 6.10. The van der Waals surface area contributed by atoms with Gasteiger partial charge in [0.05, 0.1) is 10.5 Å². The highest BCUT2D eigenvalue weighted by atomic mass is 79.9. The molecule has 108 valence electrons. The highest BCUT2D eigenvalue weighted by Crippen LogP contribution is 2.26. The number of fused-ring (bicyclic) bond motifs is 1. The van der Waals surface area contributed by atoms with Crippen molar-refractivity contribution in [2.75, 3.05) is 0 Å². The van der Waals surface area contributed by atoms with Gasteiger partial charge in [-0.15, -0.1) is 0 Å². The molecule has 0 aliphatic carbocycles. The Labute approximate surface area is 130 Å². The molecule has 2 nitrogen and oxygen atoms in total. The topological polar surface area (TPSA) is 39.2 Å². The van der Waals surface area contributed by atoms with Crippen molar-refractivity contribution in [3.8, 4) is 0 Å². The Morgan fingerprint density at radius 1 is 1.19 bits per heavy atom. The summed E-state index contributed by atoms with van der Waals surface area (Å²) in [6.45, 7) is 2.04. The van der Waals surface area contributed by atoms with Gasteiger partial charge in [-0.05, 0) is 65.2 Å². The molecule has 0 amide bonds. The van der Waals surface area contributed by atoms with E-state index in [9.17, 15) is 4.39 Å². The molecule has 21 heavy (non-hydrogen) atoms. The molecule has 4 heteroatoms. The van der Waals surface area contributed by atoms with Crippen LogP contribution in [-0.2, 0) is 6.42 Å². The van der Waals surface area contributed by atoms with E-state index >= 15 is 0 Å². The number of aryl methyl sites for hydroxylation is 1. The van der Waals surface area contributed by atoms with E-state index in [4.69, 9.17) is 10.2 Å². The van der Waals surface area contributed by atoms with E-state index in [0.29, 0.717) is 10.9 Å². The number of benzene rings is 2. The number of hydrogen-bond acceptors (Lipinski definition) is 2. The lowest BCUT2D eigenvalue weighted by Gasteiger charge is -2.09. The van der Waals surface area contributed by atoms with Crippen molar-refractivity contribution in [2.24, 2.45) is 5.73 Å². The average molecular weight is 348 g/mol. The Morgan fingerprint density at radius 2 is 2.00 bits per heavy atom. The van der Waals surface area contributed by atoms with Crippen molar-refractivity contribution < 1.29 is 8.81 Å². The van der Waals surface area contributed by atoms with Gasteiger partial charge in [-0.3, -0.25) is 0 Å². The van der Waals surface area contributed by atoms with Gasteiger partial charge in [-0.1, -0.05) is 17.7 Å². The minimum atomic E-state index is -0.272. The first-order valence-electron chi connectivity index (χ1n) is 6.72. The summed E-state index contributed by atoms with van der Waals surface area (Å²) in [7, 11) is 0. The van der Waals surface area contributed by atoms with E-state index in [1.807, 2.05) is 25.1 Å². The molecular weight excluding hydrogens is 333 g/mol. The van der Waals surface area contributed by atoms with Gasteiger partial charge in [0, 0.05) is 5.39 Å². The van der Waals surface area contributed by atoms with Crippen LogP contribution in [0.2, 0.25) is 0 Å². The fourth-order valence-electron chi connectivity index (χ4n) is 2.39. The van der Waals surface area contributed by atoms with Crippen LogP contribution < -0.4 is 5.73 Å². The van der Waals surface area contributed by atoms with Gasteiger partial charge < -0.3 is 10.2 Å². The molecule has 0 fully saturated rings. The SMILES string of the molecule is Cc1ccc2oc(C(N)Cc3ccc(F)c(Br)c3)cc2c1. The van der Waals surface area contributed by atoms with Gasteiger partial charge in [-0.2, -0.15) is 0 Å². The van der Waals surface area contributed by atoms with Crippen LogP contribution >= 0.6 is 15.9 Å². The van der Waals surface area contributed by atoms with E-state index in [2.05, 4.69) is 22.0 Å². The molecule has 2 N–H and O–H groups in total. The molecule has 0 spiro atoms. The lowest BCUT2D eigenvalue weighted by Crippen LogP contribution is -2.12. The van der Waals surface area contributed by atoms with Crippen LogP contribution in [0.3, 0.4) is 0 Å². The van der Waals surface area contributed by atoms with Crippen molar-refractivity contribution in [1.29, 1.82) is 0 Å². The van der Waals surface area contributed by atoms with Crippen molar-refractivity contribution in [3.05, 3.63) is 69.6 Å². The van der Waals surface area contributed by atoms with Crippen LogP contribution in [0, 0.1) is 12.7 Å². The number of hydrogen-bond donors (Lipinski definition) is 1. The van der Waals surface area contributed by atoms with E-state index in [1.165, 1.54) is 11.6 Å². The highest BCUT2D eigenvalue weighted by molar-refractivity contribution is 9.10. The van der Waals surface area contributed by atoms with Crippen molar-refractivity contribution in [3.63, 3.8) is 0 Å². The zero-order chi connectivity index (χ0) is 15.0. The molecule has 3 aromatic rings. The molecule has 0 bridgehead atoms.